The topological polar surface area (TPSA) is 112 Å². The molecule has 0 spiro atoms. The van der Waals surface area contributed by atoms with Crippen LogP contribution in [0, 0.1) is 13.8 Å². The molecule has 3 amide bonds. The predicted molar refractivity (Wildman–Crippen MR) is 117 cm³/mol. The molecule has 3 rings (SSSR count). The van der Waals surface area contributed by atoms with Crippen LogP contribution in [0.5, 0.6) is 0 Å². The van der Waals surface area contributed by atoms with Gasteiger partial charge in [-0.1, -0.05) is 18.2 Å². The Kier molecular flexibility index (Phi) is 7.36. The van der Waals surface area contributed by atoms with Gasteiger partial charge in [0.05, 0.1) is 6.61 Å². The summed E-state index contributed by atoms with van der Waals surface area (Å²) >= 11 is 0. The van der Waals surface area contributed by atoms with Crippen molar-refractivity contribution in [3.63, 3.8) is 0 Å². The molecule has 1 saturated heterocycles. The zero-order valence-corrected chi connectivity index (χ0v) is 18.0. The first kappa shape index (κ1) is 22.0. The molecule has 0 radical (unpaired) electrons. The molecule has 1 aromatic heterocycles. The van der Waals surface area contributed by atoms with E-state index in [0.29, 0.717) is 44.4 Å². The lowest BCUT2D eigenvalue weighted by Gasteiger charge is -2.35. The highest BCUT2D eigenvalue weighted by molar-refractivity contribution is 6.03. The van der Waals surface area contributed by atoms with Crippen LogP contribution in [0.25, 0.3) is 0 Å². The summed E-state index contributed by atoms with van der Waals surface area (Å²) < 4.78 is 5.07. The highest BCUT2D eigenvalue weighted by Crippen LogP contribution is 2.11. The van der Waals surface area contributed by atoms with Crippen LogP contribution < -0.4 is 10.6 Å². The van der Waals surface area contributed by atoms with Gasteiger partial charge in [-0.3, -0.25) is 5.32 Å². The zero-order valence-electron chi connectivity index (χ0n) is 18.0. The average Bonchev–Trinajstić information content (AvgIpc) is 2.73. The smallest absolute Gasteiger partial charge is 0.409 e. The first-order valence-electron chi connectivity index (χ1n) is 10.1. The summed E-state index contributed by atoms with van der Waals surface area (Å²) in [6, 6.07) is 10.6. The number of aromatic nitrogens is 2. The zero-order chi connectivity index (χ0) is 22.2. The van der Waals surface area contributed by atoms with Crippen molar-refractivity contribution in [3.05, 3.63) is 47.8 Å². The number of guanidine groups is 1. The molecule has 10 heteroatoms. The number of nitrogens with zero attached hydrogens (tertiary/aromatic N) is 5. The lowest BCUT2D eigenvalue weighted by Crippen LogP contribution is -2.55. The average molecular weight is 425 g/mol. The van der Waals surface area contributed by atoms with Gasteiger partial charge < -0.3 is 19.9 Å². The van der Waals surface area contributed by atoms with E-state index in [9.17, 15) is 9.59 Å². The summed E-state index contributed by atoms with van der Waals surface area (Å²) in [7, 11) is 0. The van der Waals surface area contributed by atoms with Gasteiger partial charge in [-0.2, -0.15) is 4.99 Å². The van der Waals surface area contributed by atoms with Crippen molar-refractivity contribution >= 4 is 29.7 Å². The number of piperazine rings is 1. The quantitative estimate of drug-likeness (QED) is 0.578. The van der Waals surface area contributed by atoms with Gasteiger partial charge in [-0.25, -0.2) is 19.6 Å². The van der Waals surface area contributed by atoms with Crippen molar-refractivity contribution in [2.75, 3.05) is 38.1 Å². The van der Waals surface area contributed by atoms with E-state index in [-0.39, 0.29) is 12.0 Å². The number of hydrogen-bond donors (Lipinski definition) is 2. The maximum atomic E-state index is 12.6. The van der Waals surface area contributed by atoms with Crippen LogP contribution in [-0.2, 0) is 4.74 Å². The summed E-state index contributed by atoms with van der Waals surface area (Å²) in [5.41, 5.74) is 2.23. The van der Waals surface area contributed by atoms with E-state index in [1.807, 2.05) is 43.0 Å². The molecular weight excluding hydrogens is 398 g/mol. The largest absolute Gasteiger partial charge is 0.450 e. The van der Waals surface area contributed by atoms with Gasteiger partial charge in [0.1, 0.15) is 0 Å². The second-order valence-electron chi connectivity index (χ2n) is 7.00. The Morgan fingerprint density at radius 3 is 2.26 bits per heavy atom. The maximum absolute atomic E-state index is 12.6. The number of urea groups is 1. The SMILES string of the molecule is CCOC(=O)N1CCN(/C(=N\c2nc(C)cc(C)n2)NC(=O)Nc2ccccc2)CC1. The third kappa shape index (κ3) is 6.39. The molecule has 2 heterocycles. The van der Waals surface area contributed by atoms with Crippen molar-refractivity contribution < 1.29 is 14.3 Å². The first-order chi connectivity index (χ1) is 14.9. The molecular formula is C21H27N7O3. The molecule has 0 unspecified atom stereocenters. The normalized spacial score (nSPS) is 14.2. The summed E-state index contributed by atoms with van der Waals surface area (Å²) in [4.78, 5) is 41.3. The number of rotatable bonds is 3. The Balaban J connectivity index is 1.77. The molecule has 0 atom stereocenters. The molecule has 1 aliphatic heterocycles. The van der Waals surface area contributed by atoms with Crippen LogP contribution >= 0.6 is 0 Å². The van der Waals surface area contributed by atoms with E-state index in [2.05, 4.69) is 25.6 Å². The Hall–Kier alpha value is -3.69. The number of para-hydroxylation sites is 1. The minimum absolute atomic E-state index is 0.264. The van der Waals surface area contributed by atoms with E-state index < -0.39 is 6.03 Å². The lowest BCUT2D eigenvalue weighted by atomic mass is 10.3. The Morgan fingerprint density at radius 1 is 1.03 bits per heavy atom. The number of carbonyl (C=O) groups excluding carboxylic acids is 2. The van der Waals surface area contributed by atoms with Crippen molar-refractivity contribution in [3.8, 4) is 0 Å². The molecule has 10 nitrogen and oxygen atoms in total. The van der Waals surface area contributed by atoms with E-state index >= 15 is 0 Å². The van der Waals surface area contributed by atoms with Crippen molar-refractivity contribution in [2.45, 2.75) is 20.8 Å². The van der Waals surface area contributed by atoms with Crippen LogP contribution in [0.3, 0.4) is 0 Å². The van der Waals surface area contributed by atoms with Gasteiger partial charge in [0, 0.05) is 43.3 Å². The molecule has 1 aliphatic rings. The number of amides is 3. The Bertz CT molecular complexity index is 921. The van der Waals surface area contributed by atoms with Crippen LogP contribution in [0.1, 0.15) is 18.3 Å². The fourth-order valence-corrected chi connectivity index (χ4v) is 3.13. The van der Waals surface area contributed by atoms with Gasteiger partial charge in [-0.05, 0) is 39.0 Å². The number of hydrogen-bond acceptors (Lipinski definition) is 6. The van der Waals surface area contributed by atoms with E-state index in [4.69, 9.17) is 4.74 Å². The van der Waals surface area contributed by atoms with E-state index in [1.165, 1.54) is 0 Å². The monoisotopic (exact) mass is 425 g/mol. The Labute approximate surface area is 181 Å². The van der Waals surface area contributed by atoms with Gasteiger partial charge in [0.15, 0.2) is 0 Å². The van der Waals surface area contributed by atoms with Crippen LogP contribution in [0.15, 0.2) is 41.4 Å². The lowest BCUT2D eigenvalue weighted by molar-refractivity contribution is 0.0915. The number of aliphatic imine (C=N–C) groups is 1. The fraction of sp³-hybridized carbons (Fsp3) is 0.381. The summed E-state index contributed by atoms with van der Waals surface area (Å²) in [6.07, 6.45) is -0.340. The molecule has 0 saturated carbocycles. The number of benzene rings is 1. The van der Waals surface area contributed by atoms with Crippen molar-refractivity contribution in [2.24, 2.45) is 4.99 Å². The maximum Gasteiger partial charge on any atom is 0.409 e. The summed E-state index contributed by atoms with van der Waals surface area (Å²) in [5.74, 6) is 0.585. The Morgan fingerprint density at radius 2 is 1.65 bits per heavy atom. The van der Waals surface area contributed by atoms with Crippen LogP contribution in [-0.4, -0.2) is 70.6 Å². The molecule has 1 fully saturated rings. The molecule has 31 heavy (non-hydrogen) atoms. The van der Waals surface area contributed by atoms with Gasteiger partial charge in [-0.15, -0.1) is 0 Å². The number of nitrogens with one attached hydrogen (secondary N) is 2. The van der Waals surface area contributed by atoms with Crippen molar-refractivity contribution in [1.29, 1.82) is 0 Å². The standard InChI is InChI=1S/C21H27N7O3/c1-4-31-21(30)28-12-10-27(11-13-28)19(25-18-22-15(2)14-16(3)23-18)26-20(29)24-17-8-6-5-7-9-17/h5-9,14H,4,10-13H2,1-3H3,(H2,22,23,24,25,26,29). The number of ether oxygens (including phenoxy) is 1. The van der Waals surface area contributed by atoms with E-state index in [0.717, 1.165) is 11.4 Å². The number of anilines is 1. The number of carbonyl (C=O) groups is 2. The first-order valence-corrected chi connectivity index (χ1v) is 10.1. The summed E-state index contributed by atoms with van der Waals surface area (Å²) in [5, 5.41) is 5.58. The molecule has 164 valence electrons. The van der Waals surface area contributed by atoms with Gasteiger partial charge in [0.25, 0.3) is 5.95 Å². The van der Waals surface area contributed by atoms with Crippen molar-refractivity contribution in [1.82, 2.24) is 25.1 Å². The van der Waals surface area contributed by atoms with Gasteiger partial charge >= 0.3 is 12.1 Å². The molecule has 1 aromatic carbocycles. The molecule has 0 aliphatic carbocycles. The second kappa shape index (κ2) is 10.4. The second-order valence-corrected chi connectivity index (χ2v) is 7.00. The molecule has 2 aromatic rings. The third-order valence-corrected chi connectivity index (χ3v) is 4.54. The summed E-state index contributed by atoms with van der Waals surface area (Å²) in [6.45, 7) is 7.69. The van der Waals surface area contributed by atoms with Gasteiger partial charge in [0.2, 0.25) is 5.96 Å². The van der Waals surface area contributed by atoms with Crippen LogP contribution in [0.2, 0.25) is 0 Å². The van der Waals surface area contributed by atoms with Crippen LogP contribution in [0.4, 0.5) is 21.2 Å². The van der Waals surface area contributed by atoms with E-state index in [1.54, 1.807) is 24.0 Å². The highest BCUT2D eigenvalue weighted by Gasteiger charge is 2.25. The minimum atomic E-state index is -0.429. The molecule has 0 bridgehead atoms. The third-order valence-electron chi connectivity index (χ3n) is 4.54. The highest BCUT2D eigenvalue weighted by atomic mass is 16.6. The number of aryl methyl sites for hydroxylation is 2. The predicted octanol–water partition coefficient (Wildman–Crippen LogP) is 2.68. The molecule has 2 N–H and O–H groups in total. The fourth-order valence-electron chi connectivity index (χ4n) is 3.13. The minimum Gasteiger partial charge on any atom is -0.450 e.